The Labute approximate surface area is 146 Å². The van der Waals surface area contributed by atoms with Crippen molar-refractivity contribution in [3.8, 4) is 17.6 Å². The van der Waals surface area contributed by atoms with Crippen molar-refractivity contribution in [2.75, 3.05) is 19.8 Å². The van der Waals surface area contributed by atoms with Gasteiger partial charge in [-0.05, 0) is 19.1 Å². The largest absolute Gasteiger partial charge is 0.509 e. The molecule has 0 N–H and O–H groups in total. The van der Waals surface area contributed by atoms with Crippen LogP contribution in [0.1, 0.15) is 22.8 Å². The number of Topliss-reactive ketones (excluding diaryl/α,β-unsaturated/α-hetero) is 1. The first-order chi connectivity index (χ1) is 12.2. The predicted octanol–water partition coefficient (Wildman–Crippen LogP) is 3.47. The molecule has 0 unspecified atom stereocenters. The Morgan fingerprint density at radius 1 is 0.960 bits per heavy atom. The fraction of sp³-hybridized carbons (Fsp3) is 0.200. The maximum atomic E-state index is 12.1. The Hall–Kier alpha value is -3.26. The Bertz CT molecular complexity index is 771. The van der Waals surface area contributed by atoms with Crippen molar-refractivity contribution in [1.82, 2.24) is 0 Å². The highest BCUT2D eigenvalue weighted by Crippen LogP contribution is 2.17. The zero-order valence-electron chi connectivity index (χ0n) is 13.9. The van der Waals surface area contributed by atoms with E-state index in [1.807, 2.05) is 12.1 Å². The molecule has 0 aliphatic carbocycles. The van der Waals surface area contributed by atoms with Crippen LogP contribution in [0.2, 0.25) is 0 Å². The highest BCUT2D eigenvalue weighted by Gasteiger charge is 2.07. The van der Waals surface area contributed by atoms with Crippen LogP contribution in [0.15, 0.2) is 54.6 Å². The first-order valence-electron chi connectivity index (χ1n) is 7.79. The zero-order chi connectivity index (χ0) is 17.9. The van der Waals surface area contributed by atoms with Crippen LogP contribution in [0, 0.1) is 11.8 Å². The molecule has 0 fully saturated rings. The van der Waals surface area contributed by atoms with E-state index in [2.05, 4.69) is 16.6 Å². The Morgan fingerprint density at radius 3 is 2.44 bits per heavy atom. The molecular weight excluding hydrogens is 320 g/mol. The highest BCUT2D eigenvalue weighted by molar-refractivity contribution is 5.97. The number of para-hydroxylation sites is 1. The zero-order valence-corrected chi connectivity index (χ0v) is 13.9. The van der Waals surface area contributed by atoms with Gasteiger partial charge in [-0.3, -0.25) is 4.79 Å². The lowest BCUT2D eigenvalue weighted by molar-refractivity contribution is 0.0686. The van der Waals surface area contributed by atoms with Gasteiger partial charge in [-0.15, -0.1) is 0 Å². The van der Waals surface area contributed by atoms with Crippen LogP contribution in [0.4, 0.5) is 4.79 Å². The topological polar surface area (TPSA) is 61.8 Å². The SMILES string of the molecule is CCOC(=O)OCC#Cc1ccccc1OCC(=O)c1ccccc1. The molecule has 0 atom stereocenters. The van der Waals surface area contributed by atoms with Crippen molar-refractivity contribution in [2.45, 2.75) is 6.92 Å². The van der Waals surface area contributed by atoms with Gasteiger partial charge in [0.1, 0.15) is 5.75 Å². The highest BCUT2D eigenvalue weighted by atomic mass is 16.7. The molecule has 2 aromatic rings. The molecule has 0 spiro atoms. The fourth-order valence-electron chi connectivity index (χ4n) is 1.93. The molecule has 5 nitrogen and oxygen atoms in total. The number of hydrogen-bond donors (Lipinski definition) is 0. The second-order valence-electron chi connectivity index (χ2n) is 4.85. The summed E-state index contributed by atoms with van der Waals surface area (Å²) < 4.78 is 15.0. The van der Waals surface area contributed by atoms with Crippen molar-refractivity contribution < 1.29 is 23.8 Å². The van der Waals surface area contributed by atoms with E-state index in [1.54, 1.807) is 49.4 Å². The van der Waals surface area contributed by atoms with Crippen LogP contribution < -0.4 is 4.74 Å². The maximum Gasteiger partial charge on any atom is 0.509 e. The third-order valence-corrected chi connectivity index (χ3v) is 3.09. The lowest BCUT2D eigenvalue weighted by atomic mass is 10.1. The van der Waals surface area contributed by atoms with Crippen molar-refractivity contribution >= 4 is 11.9 Å². The maximum absolute atomic E-state index is 12.1. The smallest absolute Gasteiger partial charge is 0.484 e. The third kappa shape index (κ3) is 6.04. The van der Waals surface area contributed by atoms with Crippen LogP contribution in [-0.2, 0) is 9.47 Å². The van der Waals surface area contributed by atoms with Gasteiger partial charge in [-0.25, -0.2) is 4.79 Å². The van der Waals surface area contributed by atoms with Crippen LogP contribution in [-0.4, -0.2) is 31.8 Å². The van der Waals surface area contributed by atoms with Gasteiger partial charge in [-0.2, -0.15) is 0 Å². The minimum atomic E-state index is -0.755. The molecule has 0 aliphatic heterocycles. The molecule has 0 radical (unpaired) electrons. The Morgan fingerprint density at radius 2 is 1.68 bits per heavy atom. The number of rotatable bonds is 6. The minimum Gasteiger partial charge on any atom is -0.484 e. The molecule has 0 aliphatic rings. The number of benzene rings is 2. The molecule has 0 heterocycles. The lowest BCUT2D eigenvalue weighted by Crippen LogP contribution is -2.12. The molecular formula is C20H18O5. The first kappa shape index (κ1) is 18.1. The van der Waals surface area contributed by atoms with Crippen LogP contribution in [0.25, 0.3) is 0 Å². The Balaban J connectivity index is 1.94. The summed E-state index contributed by atoms with van der Waals surface area (Å²) in [5, 5.41) is 0. The van der Waals surface area contributed by atoms with Gasteiger partial charge in [0, 0.05) is 5.56 Å². The van der Waals surface area contributed by atoms with E-state index in [0.29, 0.717) is 16.9 Å². The summed E-state index contributed by atoms with van der Waals surface area (Å²) in [4.78, 5) is 23.2. The molecule has 5 heteroatoms. The number of hydrogen-bond acceptors (Lipinski definition) is 5. The van der Waals surface area contributed by atoms with E-state index in [4.69, 9.17) is 9.47 Å². The van der Waals surface area contributed by atoms with Gasteiger partial charge >= 0.3 is 6.16 Å². The normalized spacial score (nSPS) is 9.48. The van der Waals surface area contributed by atoms with Crippen molar-refractivity contribution in [2.24, 2.45) is 0 Å². The number of carbonyl (C=O) groups is 2. The summed E-state index contributed by atoms with van der Waals surface area (Å²) in [6.45, 7) is 1.77. The second kappa shape index (κ2) is 9.78. The average molecular weight is 338 g/mol. The molecule has 2 rings (SSSR count). The molecule has 25 heavy (non-hydrogen) atoms. The molecule has 2 aromatic carbocycles. The fourth-order valence-corrected chi connectivity index (χ4v) is 1.93. The summed E-state index contributed by atoms with van der Waals surface area (Å²) in [5.41, 5.74) is 1.20. The van der Waals surface area contributed by atoms with E-state index < -0.39 is 6.16 Å². The van der Waals surface area contributed by atoms with Gasteiger partial charge in [0.2, 0.25) is 0 Å². The standard InChI is InChI=1S/C20H18O5/c1-2-23-20(22)24-14-8-12-17-11-6-7-13-19(17)25-15-18(21)16-9-4-3-5-10-16/h3-7,9-11,13H,2,14-15H2,1H3. The quantitative estimate of drug-likeness (QED) is 0.458. The molecule has 0 bridgehead atoms. The van der Waals surface area contributed by atoms with Gasteiger partial charge < -0.3 is 14.2 Å². The van der Waals surface area contributed by atoms with Crippen molar-refractivity contribution in [3.63, 3.8) is 0 Å². The van der Waals surface area contributed by atoms with E-state index in [9.17, 15) is 9.59 Å². The summed E-state index contributed by atoms with van der Waals surface area (Å²) in [7, 11) is 0. The Kier molecular flexibility index (Phi) is 7.08. The third-order valence-electron chi connectivity index (χ3n) is 3.09. The number of carbonyl (C=O) groups excluding carboxylic acids is 2. The molecule has 128 valence electrons. The van der Waals surface area contributed by atoms with E-state index in [1.165, 1.54) is 0 Å². The van der Waals surface area contributed by atoms with E-state index in [-0.39, 0.29) is 25.6 Å². The second-order valence-corrected chi connectivity index (χ2v) is 4.85. The van der Waals surface area contributed by atoms with Gasteiger partial charge in [0.25, 0.3) is 0 Å². The van der Waals surface area contributed by atoms with Crippen molar-refractivity contribution in [3.05, 3.63) is 65.7 Å². The minimum absolute atomic E-state index is 0.0813. The average Bonchev–Trinajstić information content (AvgIpc) is 2.65. The first-order valence-corrected chi connectivity index (χ1v) is 7.79. The molecule has 0 saturated heterocycles. The van der Waals surface area contributed by atoms with E-state index >= 15 is 0 Å². The van der Waals surface area contributed by atoms with Gasteiger partial charge in [-0.1, -0.05) is 54.3 Å². The van der Waals surface area contributed by atoms with E-state index in [0.717, 1.165) is 0 Å². The summed E-state index contributed by atoms with van der Waals surface area (Å²) in [5.74, 6) is 5.95. The molecule has 0 saturated carbocycles. The van der Waals surface area contributed by atoms with Gasteiger partial charge in [0.15, 0.2) is 19.0 Å². The number of ketones is 1. The van der Waals surface area contributed by atoms with Crippen LogP contribution >= 0.6 is 0 Å². The molecule has 0 aromatic heterocycles. The monoisotopic (exact) mass is 338 g/mol. The van der Waals surface area contributed by atoms with Gasteiger partial charge in [0.05, 0.1) is 12.2 Å². The summed E-state index contributed by atoms with van der Waals surface area (Å²) in [6, 6.07) is 16.0. The predicted molar refractivity (Wildman–Crippen MR) is 92.6 cm³/mol. The van der Waals surface area contributed by atoms with Crippen LogP contribution in [0.5, 0.6) is 5.75 Å². The number of ether oxygens (including phenoxy) is 3. The van der Waals surface area contributed by atoms with Crippen LogP contribution in [0.3, 0.4) is 0 Å². The van der Waals surface area contributed by atoms with Crippen molar-refractivity contribution in [1.29, 1.82) is 0 Å². The summed E-state index contributed by atoms with van der Waals surface area (Å²) >= 11 is 0. The molecule has 0 amide bonds. The lowest BCUT2D eigenvalue weighted by Gasteiger charge is -2.07. The summed E-state index contributed by atoms with van der Waals surface area (Å²) in [6.07, 6.45) is -0.755.